The van der Waals surface area contributed by atoms with Gasteiger partial charge >= 0.3 is 121 Å². The average molecular weight is 350 g/mol. The summed E-state index contributed by atoms with van der Waals surface area (Å²) >= 11 is -1.98. The molecule has 1 heteroatoms. The molecule has 0 aromatic heterocycles. The van der Waals surface area contributed by atoms with Crippen LogP contribution in [0.5, 0.6) is 0 Å². The van der Waals surface area contributed by atoms with Crippen LogP contribution >= 0.6 is 0 Å². The Bertz CT molecular complexity index is 524. The molecule has 19 heavy (non-hydrogen) atoms. The third-order valence-corrected chi connectivity index (χ3v) is 11.0. The molecule has 0 aliphatic rings. The Morgan fingerprint density at radius 1 is 0.368 bits per heavy atom. The molecule has 0 saturated carbocycles. The van der Waals surface area contributed by atoms with Crippen LogP contribution in [0.4, 0.5) is 0 Å². The van der Waals surface area contributed by atoms with E-state index in [-0.39, 0.29) is 0 Å². The zero-order valence-electron chi connectivity index (χ0n) is 10.7. The van der Waals surface area contributed by atoms with Crippen molar-refractivity contribution < 1.29 is 0 Å². The predicted octanol–water partition coefficient (Wildman–Crippen LogP) is 2.20. The standard InChI is InChI=1S/3C6H5.Sn/c3*1-2-4-6-5-3-1;/h3*1-5H;. The van der Waals surface area contributed by atoms with E-state index in [9.17, 15) is 0 Å². The number of benzene rings is 3. The van der Waals surface area contributed by atoms with E-state index in [2.05, 4.69) is 91.0 Å². The number of hydrogen-bond acceptors (Lipinski definition) is 0. The van der Waals surface area contributed by atoms with Gasteiger partial charge in [0.1, 0.15) is 0 Å². The fourth-order valence-corrected chi connectivity index (χ4v) is 9.67. The van der Waals surface area contributed by atoms with Gasteiger partial charge in [0.05, 0.1) is 0 Å². The van der Waals surface area contributed by atoms with Gasteiger partial charge in [0.15, 0.2) is 0 Å². The van der Waals surface area contributed by atoms with Crippen LogP contribution in [-0.4, -0.2) is 19.8 Å². The molecule has 0 atom stereocenters. The average Bonchev–Trinajstić information content (AvgIpc) is 2.51. The van der Waals surface area contributed by atoms with Gasteiger partial charge in [-0.2, -0.15) is 0 Å². The normalized spacial score (nSPS) is 10.6. The van der Waals surface area contributed by atoms with Crippen molar-refractivity contribution in [1.82, 2.24) is 0 Å². The minimum atomic E-state index is -1.98. The summed E-state index contributed by atoms with van der Waals surface area (Å²) < 4.78 is 4.59. The molecule has 0 bridgehead atoms. The topological polar surface area (TPSA) is 0 Å². The van der Waals surface area contributed by atoms with E-state index in [0.717, 1.165) is 0 Å². The molecule has 3 rings (SSSR count). The van der Waals surface area contributed by atoms with Gasteiger partial charge in [0, 0.05) is 0 Å². The third kappa shape index (κ3) is 2.90. The van der Waals surface area contributed by atoms with Gasteiger partial charge in [0.25, 0.3) is 0 Å². The van der Waals surface area contributed by atoms with E-state index >= 15 is 0 Å². The SMILES string of the molecule is c1cc[c]([Sn]([c]2ccccc2)[c]2ccccc2)cc1. The van der Waals surface area contributed by atoms with Gasteiger partial charge in [-0.3, -0.25) is 0 Å². The fraction of sp³-hybridized carbons (Fsp3) is 0. The molecule has 0 aliphatic carbocycles. The molecule has 0 fully saturated rings. The van der Waals surface area contributed by atoms with Gasteiger partial charge < -0.3 is 0 Å². The Balaban J connectivity index is 2.12. The van der Waals surface area contributed by atoms with Crippen LogP contribution in [0, 0.1) is 0 Å². The molecule has 3 aromatic carbocycles. The third-order valence-electron chi connectivity index (χ3n) is 3.19. The van der Waals surface area contributed by atoms with Gasteiger partial charge in [-0.25, -0.2) is 0 Å². The Morgan fingerprint density at radius 2 is 0.632 bits per heavy atom. The zero-order valence-corrected chi connectivity index (χ0v) is 13.5. The molecular weight excluding hydrogens is 335 g/mol. The van der Waals surface area contributed by atoms with Crippen molar-refractivity contribution in [2.24, 2.45) is 0 Å². The molecule has 0 nitrogen and oxygen atoms in total. The molecular formula is C18H15Sn. The summed E-state index contributed by atoms with van der Waals surface area (Å²) in [5.74, 6) is 0. The van der Waals surface area contributed by atoms with E-state index in [1.807, 2.05) is 0 Å². The van der Waals surface area contributed by atoms with Crippen LogP contribution < -0.4 is 10.7 Å². The summed E-state index contributed by atoms with van der Waals surface area (Å²) in [7, 11) is 0. The second kappa shape index (κ2) is 6.07. The molecule has 0 heterocycles. The van der Waals surface area contributed by atoms with Crippen molar-refractivity contribution in [3.8, 4) is 0 Å². The van der Waals surface area contributed by atoms with Crippen molar-refractivity contribution >= 4 is 30.5 Å². The first-order chi connectivity index (χ1) is 9.45. The number of rotatable bonds is 3. The maximum atomic E-state index is 2.29. The number of hydrogen-bond donors (Lipinski definition) is 0. The van der Waals surface area contributed by atoms with Gasteiger partial charge in [-0.1, -0.05) is 0 Å². The zero-order chi connectivity index (χ0) is 12.9. The molecule has 1 radical (unpaired) electrons. The summed E-state index contributed by atoms with van der Waals surface area (Å²) in [6.45, 7) is 0. The monoisotopic (exact) mass is 351 g/mol. The van der Waals surface area contributed by atoms with Gasteiger partial charge in [-0.15, -0.1) is 0 Å². The summed E-state index contributed by atoms with van der Waals surface area (Å²) in [5, 5.41) is 0. The summed E-state index contributed by atoms with van der Waals surface area (Å²) in [5.41, 5.74) is 0. The summed E-state index contributed by atoms with van der Waals surface area (Å²) in [4.78, 5) is 0. The van der Waals surface area contributed by atoms with Crippen LogP contribution in [0.2, 0.25) is 0 Å². The van der Waals surface area contributed by atoms with E-state index in [0.29, 0.717) is 0 Å². The van der Waals surface area contributed by atoms with Gasteiger partial charge in [0.2, 0.25) is 0 Å². The van der Waals surface area contributed by atoms with Crippen molar-refractivity contribution in [2.75, 3.05) is 0 Å². The Hall–Kier alpha value is -1.54. The van der Waals surface area contributed by atoms with Crippen LogP contribution in [0.1, 0.15) is 0 Å². The first-order valence-electron chi connectivity index (χ1n) is 6.48. The first-order valence-corrected chi connectivity index (χ1v) is 10.8. The van der Waals surface area contributed by atoms with E-state index in [1.165, 1.54) is 10.7 Å². The Morgan fingerprint density at radius 3 is 0.895 bits per heavy atom. The van der Waals surface area contributed by atoms with Crippen molar-refractivity contribution in [1.29, 1.82) is 0 Å². The second-order valence-corrected chi connectivity index (χ2v) is 11.6. The van der Waals surface area contributed by atoms with E-state index in [4.69, 9.17) is 0 Å². The van der Waals surface area contributed by atoms with E-state index < -0.39 is 19.8 Å². The Kier molecular flexibility index (Phi) is 3.99. The molecule has 0 unspecified atom stereocenters. The van der Waals surface area contributed by atoms with Crippen LogP contribution in [-0.2, 0) is 0 Å². The van der Waals surface area contributed by atoms with Crippen molar-refractivity contribution in [3.63, 3.8) is 0 Å². The molecule has 0 spiro atoms. The molecule has 3 aromatic rings. The molecule has 0 N–H and O–H groups in total. The molecule has 0 saturated heterocycles. The molecule has 0 aliphatic heterocycles. The second-order valence-electron chi connectivity index (χ2n) is 4.47. The fourth-order valence-electron chi connectivity index (χ4n) is 2.31. The van der Waals surface area contributed by atoms with Crippen molar-refractivity contribution in [2.45, 2.75) is 0 Å². The molecule has 91 valence electrons. The van der Waals surface area contributed by atoms with Crippen molar-refractivity contribution in [3.05, 3.63) is 91.0 Å². The maximum absolute atomic E-state index is 2.29. The molecule has 0 amide bonds. The van der Waals surface area contributed by atoms with Gasteiger partial charge in [-0.05, 0) is 0 Å². The first kappa shape index (κ1) is 12.5. The quantitative estimate of drug-likeness (QED) is 0.636. The Labute approximate surface area is 121 Å². The van der Waals surface area contributed by atoms with E-state index in [1.54, 1.807) is 0 Å². The van der Waals surface area contributed by atoms with Crippen LogP contribution in [0.15, 0.2) is 91.0 Å². The minimum absolute atomic E-state index is 1.53. The summed E-state index contributed by atoms with van der Waals surface area (Å²) in [6.07, 6.45) is 0. The predicted molar refractivity (Wildman–Crippen MR) is 84.0 cm³/mol. The summed E-state index contributed by atoms with van der Waals surface area (Å²) in [6, 6.07) is 32.9. The van der Waals surface area contributed by atoms with Crippen LogP contribution in [0.3, 0.4) is 0 Å². The van der Waals surface area contributed by atoms with Crippen LogP contribution in [0.25, 0.3) is 0 Å².